The van der Waals surface area contributed by atoms with Gasteiger partial charge in [0.25, 0.3) is 5.56 Å². The van der Waals surface area contributed by atoms with Crippen molar-refractivity contribution in [2.24, 2.45) is 7.05 Å². The van der Waals surface area contributed by atoms with E-state index >= 15 is 0 Å². The molecule has 0 atom stereocenters. The van der Waals surface area contributed by atoms with Crippen LogP contribution in [0.5, 0.6) is 11.5 Å². The lowest BCUT2D eigenvalue weighted by atomic mass is 10.1. The number of H-pyrrole nitrogens is 1. The van der Waals surface area contributed by atoms with E-state index in [0.717, 1.165) is 16.8 Å². The van der Waals surface area contributed by atoms with Gasteiger partial charge in [0.1, 0.15) is 23.1 Å². The first-order valence-corrected chi connectivity index (χ1v) is 9.94. The molecule has 0 amide bonds. The Balaban J connectivity index is 1.41. The molecular weight excluding hydrogens is 409 g/mol. The van der Waals surface area contributed by atoms with Gasteiger partial charge in [0.05, 0.1) is 22.8 Å². The first-order valence-electron chi connectivity index (χ1n) is 9.94. The topological polar surface area (TPSA) is 85.7 Å². The SMILES string of the molecule is Cn1cc(-c2cc(Oc3ccc4nc(Cc5cccc(F)c5)[nH]c(=O)c4c3)ccn2)cn1. The predicted octanol–water partition coefficient (Wildman–Crippen LogP) is 4.24. The van der Waals surface area contributed by atoms with Gasteiger partial charge in [0, 0.05) is 37.5 Å². The number of pyridine rings is 1. The minimum absolute atomic E-state index is 0.280. The molecule has 3 aromatic heterocycles. The number of hydrogen-bond donors (Lipinski definition) is 1. The Labute approximate surface area is 182 Å². The quantitative estimate of drug-likeness (QED) is 0.453. The highest BCUT2D eigenvalue weighted by Crippen LogP contribution is 2.27. The van der Waals surface area contributed by atoms with Crippen LogP contribution in [0.25, 0.3) is 22.2 Å². The summed E-state index contributed by atoms with van der Waals surface area (Å²) >= 11 is 0. The fourth-order valence-electron chi connectivity index (χ4n) is 3.48. The summed E-state index contributed by atoms with van der Waals surface area (Å²) in [5, 5.41) is 4.57. The summed E-state index contributed by atoms with van der Waals surface area (Å²) in [6.45, 7) is 0. The van der Waals surface area contributed by atoms with Crippen molar-refractivity contribution in [3.63, 3.8) is 0 Å². The van der Waals surface area contributed by atoms with Crippen LogP contribution in [0, 0.1) is 5.82 Å². The van der Waals surface area contributed by atoms with Crippen LogP contribution in [0.3, 0.4) is 0 Å². The highest BCUT2D eigenvalue weighted by molar-refractivity contribution is 5.79. The monoisotopic (exact) mass is 427 g/mol. The van der Waals surface area contributed by atoms with Crippen molar-refractivity contribution in [3.8, 4) is 22.8 Å². The second-order valence-corrected chi connectivity index (χ2v) is 7.38. The van der Waals surface area contributed by atoms with Crippen LogP contribution < -0.4 is 10.3 Å². The lowest BCUT2D eigenvalue weighted by Gasteiger charge is -2.08. The average Bonchev–Trinajstić information content (AvgIpc) is 3.21. The molecule has 2 aromatic carbocycles. The summed E-state index contributed by atoms with van der Waals surface area (Å²) in [7, 11) is 1.84. The molecule has 7 nitrogen and oxygen atoms in total. The number of aromatic nitrogens is 5. The molecule has 3 heterocycles. The van der Waals surface area contributed by atoms with Crippen molar-refractivity contribution in [2.75, 3.05) is 0 Å². The molecule has 8 heteroatoms. The minimum atomic E-state index is -0.324. The van der Waals surface area contributed by atoms with Gasteiger partial charge in [-0.3, -0.25) is 14.5 Å². The molecule has 1 N–H and O–H groups in total. The largest absolute Gasteiger partial charge is 0.457 e. The average molecular weight is 427 g/mol. The Bertz CT molecular complexity index is 1490. The van der Waals surface area contributed by atoms with Gasteiger partial charge in [-0.1, -0.05) is 12.1 Å². The van der Waals surface area contributed by atoms with E-state index in [4.69, 9.17) is 4.74 Å². The number of rotatable bonds is 5. The van der Waals surface area contributed by atoms with Crippen molar-refractivity contribution >= 4 is 10.9 Å². The zero-order valence-corrected chi connectivity index (χ0v) is 17.1. The lowest BCUT2D eigenvalue weighted by molar-refractivity contribution is 0.483. The maximum absolute atomic E-state index is 13.4. The van der Waals surface area contributed by atoms with Gasteiger partial charge in [0.15, 0.2) is 0 Å². The van der Waals surface area contributed by atoms with Crippen LogP contribution in [0.1, 0.15) is 11.4 Å². The Morgan fingerprint density at radius 2 is 1.97 bits per heavy atom. The third-order valence-electron chi connectivity index (χ3n) is 4.95. The molecule has 5 rings (SSSR count). The van der Waals surface area contributed by atoms with Gasteiger partial charge >= 0.3 is 0 Å². The van der Waals surface area contributed by atoms with E-state index in [9.17, 15) is 9.18 Å². The number of aromatic amines is 1. The molecule has 0 bridgehead atoms. The number of benzene rings is 2. The second kappa shape index (κ2) is 8.07. The number of aryl methyl sites for hydroxylation is 1. The number of nitrogens with zero attached hydrogens (tertiary/aromatic N) is 4. The van der Waals surface area contributed by atoms with Gasteiger partial charge < -0.3 is 9.72 Å². The van der Waals surface area contributed by atoms with Crippen molar-refractivity contribution < 1.29 is 9.13 Å². The van der Waals surface area contributed by atoms with E-state index in [1.165, 1.54) is 12.1 Å². The third-order valence-corrected chi connectivity index (χ3v) is 4.95. The van der Waals surface area contributed by atoms with Gasteiger partial charge in [-0.05, 0) is 42.0 Å². The van der Waals surface area contributed by atoms with Crippen LogP contribution in [0.4, 0.5) is 4.39 Å². The molecule has 0 saturated heterocycles. The molecule has 158 valence electrons. The molecule has 0 aliphatic heterocycles. The first kappa shape index (κ1) is 19.6. The fraction of sp³-hybridized carbons (Fsp3) is 0.0833. The minimum Gasteiger partial charge on any atom is -0.457 e. The summed E-state index contributed by atoms with van der Waals surface area (Å²) < 4.78 is 21.1. The Hall–Kier alpha value is -4.33. The summed E-state index contributed by atoms with van der Waals surface area (Å²) in [6, 6.07) is 14.9. The summed E-state index contributed by atoms with van der Waals surface area (Å²) in [5.74, 6) is 1.24. The summed E-state index contributed by atoms with van der Waals surface area (Å²) in [4.78, 5) is 24.3. The molecule has 0 unspecified atom stereocenters. The predicted molar refractivity (Wildman–Crippen MR) is 118 cm³/mol. The van der Waals surface area contributed by atoms with Crippen molar-refractivity contribution in [1.82, 2.24) is 24.7 Å². The van der Waals surface area contributed by atoms with E-state index < -0.39 is 0 Å². The Morgan fingerprint density at radius 3 is 2.78 bits per heavy atom. The first-order chi connectivity index (χ1) is 15.5. The molecule has 0 saturated carbocycles. The number of fused-ring (bicyclic) bond motifs is 1. The van der Waals surface area contributed by atoms with Crippen molar-refractivity contribution in [3.05, 3.63) is 101 Å². The van der Waals surface area contributed by atoms with Crippen LogP contribution in [0.15, 0.2) is 78.0 Å². The molecule has 5 aromatic rings. The Morgan fingerprint density at radius 1 is 1.09 bits per heavy atom. The van der Waals surface area contributed by atoms with Crippen LogP contribution in [-0.2, 0) is 13.5 Å². The van der Waals surface area contributed by atoms with E-state index in [1.54, 1.807) is 53.5 Å². The van der Waals surface area contributed by atoms with E-state index in [-0.39, 0.29) is 11.4 Å². The number of hydrogen-bond acceptors (Lipinski definition) is 5. The van der Waals surface area contributed by atoms with Gasteiger partial charge in [-0.25, -0.2) is 9.37 Å². The Kier molecular flexibility index (Phi) is 4.95. The van der Waals surface area contributed by atoms with E-state index in [0.29, 0.717) is 34.6 Å². The van der Waals surface area contributed by atoms with Crippen LogP contribution >= 0.6 is 0 Å². The lowest BCUT2D eigenvalue weighted by Crippen LogP contribution is -2.12. The highest BCUT2D eigenvalue weighted by atomic mass is 19.1. The van der Waals surface area contributed by atoms with E-state index in [2.05, 4.69) is 20.1 Å². The summed E-state index contributed by atoms with van der Waals surface area (Å²) in [5.41, 5.74) is 2.60. The third kappa shape index (κ3) is 4.11. The molecule has 0 aliphatic carbocycles. The molecule has 0 radical (unpaired) electrons. The zero-order valence-electron chi connectivity index (χ0n) is 17.1. The van der Waals surface area contributed by atoms with Gasteiger partial charge in [-0.2, -0.15) is 5.10 Å². The maximum atomic E-state index is 13.4. The van der Waals surface area contributed by atoms with E-state index in [1.807, 2.05) is 19.3 Å². The standard InChI is InChI=1S/C24H18FN5O2/c1-30-14-16(13-27-30)22-12-19(7-8-26-22)32-18-5-6-21-20(11-18)24(31)29-23(28-21)10-15-3-2-4-17(25)9-15/h2-9,11-14H,10H2,1H3,(H,28,29,31). The number of ether oxygens (including phenoxy) is 1. The smallest absolute Gasteiger partial charge is 0.258 e. The summed E-state index contributed by atoms with van der Waals surface area (Å²) in [6.07, 6.45) is 5.59. The number of halogens is 1. The van der Waals surface area contributed by atoms with Crippen molar-refractivity contribution in [1.29, 1.82) is 0 Å². The highest BCUT2D eigenvalue weighted by Gasteiger charge is 2.09. The van der Waals surface area contributed by atoms with Gasteiger partial charge in [-0.15, -0.1) is 0 Å². The fourth-order valence-corrected chi connectivity index (χ4v) is 3.48. The molecule has 0 fully saturated rings. The maximum Gasteiger partial charge on any atom is 0.258 e. The van der Waals surface area contributed by atoms with Crippen LogP contribution in [0.2, 0.25) is 0 Å². The van der Waals surface area contributed by atoms with Crippen LogP contribution in [-0.4, -0.2) is 24.7 Å². The van der Waals surface area contributed by atoms with Gasteiger partial charge in [0.2, 0.25) is 0 Å². The van der Waals surface area contributed by atoms with Crippen molar-refractivity contribution in [2.45, 2.75) is 6.42 Å². The molecule has 0 spiro atoms. The normalized spacial score (nSPS) is 11.1. The molecular formula is C24H18FN5O2. The zero-order chi connectivity index (χ0) is 22.1. The second-order valence-electron chi connectivity index (χ2n) is 7.38. The molecule has 32 heavy (non-hydrogen) atoms. The number of nitrogens with one attached hydrogen (secondary N) is 1. The molecule has 0 aliphatic rings.